The molecule has 0 fully saturated rings. The molecule has 0 aliphatic heterocycles. The molecule has 0 saturated heterocycles. The highest BCUT2D eigenvalue weighted by Crippen LogP contribution is 2.25. The van der Waals surface area contributed by atoms with Crippen molar-refractivity contribution in [3.8, 4) is 0 Å². The molecule has 1 atom stereocenters. The lowest BCUT2D eigenvalue weighted by atomic mass is 9.95. The van der Waals surface area contributed by atoms with Crippen molar-refractivity contribution in [2.75, 3.05) is 0 Å². The van der Waals surface area contributed by atoms with Crippen molar-refractivity contribution >= 4 is 10.8 Å². The summed E-state index contributed by atoms with van der Waals surface area (Å²) < 4.78 is 0. The summed E-state index contributed by atoms with van der Waals surface area (Å²) in [6.07, 6.45) is 3.65. The highest BCUT2D eigenvalue weighted by Gasteiger charge is 2.11. The second kappa shape index (κ2) is 4.82. The number of rotatable bonds is 2. The van der Waals surface area contributed by atoms with Gasteiger partial charge in [0.15, 0.2) is 0 Å². The van der Waals surface area contributed by atoms with Crippen LogP contribution in [0, 0.1) is 6.92 Å². The Kier molecular flexibility index (Phi) is 3.02. The molecule has 2 aromatic carbocycles. The van der Waals surface area contributed by atoms with Crippen LogP contribution in [0.4, 0.5) is 0 Å². The molecule has 0 bridgehead atoms. The van der Waals surface area contributed by atoms with Gasteiger partial charge in [0, 0.05) is 12.4 Å². The Morgan fingerprint density at radius 1 is 1.00 bits per heavy atom. The van der Waals surface area contributed by atoms with E-state index in [0.29, 0.717) is 0 Å². The summed E-state index contributed by atoms with van der Waals surface area (Å²) >= 11 is 0. The smallest absolute Gasteiger partial charge is 0.0555 e. The van der Waals surface area contributed by atoms with Gasteiger partial charge in [-0.3, -0.25) is 4.98 Å². The van der Waals surface area contributed by atoms with E-state index in [-0.39, 0.29) is 6.04 Å². The lowest BCUT2D eigenvalue weighted by Crippen LogP contribution is -2.13. The Morgan fingerprint density at radius 3 is 2.58 bits per heavy atom. The number of hydrogen-bond donors (Lipinski definition) is 1. The molecule has 2 nitrogen and oxygen atoms in total. The first-order chi connectivity index (χ1) is 9.25. The molecule has 2 N–H and O–H groups in total. The number of hydrogen-bond acceptors (Lipinski definition) is 2. The van der Waals surface area contributed by atoms with E-state index in [2.05, 4.69) is 47.4 Å². The fraction of sp³-hybridized carbons (Fsp3) is 0.118. The van der Waals surface area contributed by atoms with Crippen LogP contribution in [0.25, 0.3) is 10.8 Å². The summed E-state index contributed by atoms with van der Waals surface area (Å²) in [4.78, 5) is 4.12. The topological polar surface area (TPSA) is 38.9 Å². The Hall–Kier alpha value is -2.19. The van der Waals surface area contributed by atoms with Crippen LogP contribution in [0.2, 0.25) is 0 Å². The summed E-state index contributed by atoms with van der Waals surface area (Å²) in [5.74, 6) is 0. The normalized spacial score (nSPS) is 12.5. The zero-order chi connectivity index (χ0) is 13.2. The molecule has 3 aromatic rings. The molecular weight excluding hydrogens is 232 g/mol. The molecule has 0 aliphatic carbocycles. The Bertz CT molecular complexity index is 719. The van der Waals surface area contributed by atoms with Crippen LogP contribution in [0.3, 0.4) is 0 Å². The van der Waals surface area contributed by atoms with Crippen molar-refractivity contribution in [2.45, 2.75) is 13.0 Å². The van der Waals surface area contributed by atoms with Gasteiger partial charge in [-0.1, -0.05) is 36.4 Å². The minimum atomic E-state index is -0.104. The molecule has 0 saturated carbocycles. The van der Waals surface area contributed by atoms with Gasteiger partial charge in [-0.15, -0.1) is 0 Å². The Morgan fingerprint density at radius 2 is 1.79 bits per heavy atom. The number of nitrogens with two attached hydrogens (primary N) is 1. The fourth-order valence-electron chi connectivity index (χ4n) is 2.41. The predicted molar refractivity (Wildman–Crippen MR) is 79.0 cm³/mol. The summed E-state index contributed by atoms with van der Waals surface area (Å²) in [5.41, 5.74) is 9.77. The number of nitrogens with zero attached hydrogens (tertiary/aromatic N) is 1. The fourth-order valence-corrected chi connectivity index (χ4v) is 2.41. The number of pyridine rings is 1. The standard InChI is InChI=1S/C17H16N2/c1-12-11-19-9-8-16(12)17(18)15-7-6-13-4-2-3-5-14(13)10-15/h2-11,17H,18H2,1H3. The molecule has 94 valence electrons. The van der Waals surface area contributed by atoms with Gasteiger partial charge in [0.2, 0.25) is 0 Å². The monoisotopic (exact) mass is 248 g/mol. The van der Waals surface area contributed by atoms with Crippen LogP contribution in [-0.2, 0) is 0 Å². The maximum Gasteiger partial charge on any atom is 0.0555 e. The van der Waals surface area contributed by atoms with E-state index >= 15 is 0 Å². The van der Waals surface area contributed by atoms with Crippen molar-refractivity contribution in [3.05, 3.63) is 77.6 Å². The summed E-state index contributed by atoms with van der Waals surface area (Å²) in [7, 11) is 0. The third-order valence-electron chi connectivity index (χ3n) is 3.53. The number of aromatic nitrogens is 1. The van der Waals surface area contributed by atoms with E-state index in [0.717, 1.165) is 16.7 Å². The van der Waals surface area contributed by atoms with E-state index in [4.69, 9.17) is 5.73 Å². The van der Waals surface area contributed by atoms with Crippen molar-refractivity contribution in [1.82, 2.24) is 4.98 Å². The van der Waals surface area contributed by atoms with Gasteiger partial charge >= 0.3 is 0 Å². The van der Waals surface area contributed by atoms with Crippen LogP contribution >= 0.6 is 0 Å². The summed E-state index contributed by atoms with van der Waals surface area (Å²) in [6.45, 7) is 2.04. The minimum Gasteiger partial charge on any atom is -0.320 e. The van der Waals surface area contributed by atoms with E-state index in [1.165, 1.54) is 10.8 Å². The van der Waals surface area contributed by atoms with Crippen LogP contribution < -0.4 is 5.73 Å². The van der Waals surface area contributed by atoms with Crippen molar-refractivity contribution in [3.63, 3.8) is 0 Å². The summed E-state index contributed by atoms with van der Waals surface area (Å²) in [5, 5.41) is 2.46. The minimum absolute atomic E-state index is 0.104. The largest absolute Gasteiger partial charge is 0.320 e. The molecule has 2 heteroatoms. The predicted octanol–water partition coefficient (Wildman–Crippen LogP) is 3.59. The van der Waals surface area contributed by atoms with E-state index in [1.54, 1.807) is 6.20 Å². The van der Waals surface area contributed by atoms with Gasteiger partial charge in [-0.25, -0.2) is 0 Å². The van der Waals surface area contributed by atoms with E-state index < -0.39 is 0 Å². The van der Waals surface area contributed by atoms with Crippen molar-refractivity contribution in [2.24, 2.45) is 5.73 Å². The molecule has 1 heterocycles. The van der Waals surface area contributed by atoms with Gasteiger partial charge in [0.05, 0.1) is 6.04 Å². The number of aryl methyl sites for hydroxylation is 1. The molecule has 0 amide bonds. The zero-order valence-corrected chi connectivity index (χ0v) is 10.9. The molecule has 0 radical (unpaired) electrons. The average molecular weight is 248 g/mol. The highest BCUT2D eigenvalue weighted by molar-refractivity contribution is 5.83. The first-order valence-electron chi connectivity index (χ1n) is 6.40. The molecule has 1 aromatic heterocycles. The van der Waals surface area contributed by atoms with Crippen LogP contribution in [0.1, 0.15) is 22.7 Å². The van der Waals surface area contributed by atoms with Gasteiger partial charge in [-0.05, 0) is 46.5 Å². The maximum absolute atomic E-state index is 6.38. The quantitative estimate of drug-likeness (QED) is 0.752. The van der Waals surface area contributed by atoms with Crippen LogP contribution in [0.15, 0.2) is 60.9 Å². The van der Waals surface area contributed by atoms with Gasteiger partial charge in [0.25, 0.3) is 0 Å². The molecule has 1 unspecified atom stereocenters. The molecular formula is C17H16N2. The lowest BCUT2D eigenvalue weighted by Gasteiger charge is -2.15. The van der Waals surface area contributed by atoms with E-state index in [9.17, 15) is 0 Å². The number of benzene rings is 2. The Labute approximate surface area is 112 Å². The van der Waals surface area contributed by atoms with Gasteiger partial charge in [-0.2, -0.15) is 0 Å². The average Bonchev–Trinajstić information content (AvgIpc) is 2.46. The molecule has 0 aliphatic rings. The summed E-state index contributed by atoms with van der Waals surface area (Å²) in [6, 6.07) is 16.6. The zero-order valence-electron chi connectivity index (χ0n) is 10.9. The van der Waals surface area contributed by atoms with E-state index in [1.807, 2.05) is 19.2 Å². The Balaban J connectivity index is 2.07. The lowest BCUT2D eigenvalue weighted by molar-refractivity contribution is 0.858. The third-order valence-corrected chi connectivity index (χ3v) is 3.53. The van der Waals surface area contributed by atoms with Crippen molar-refractivity contribution < 1.29 is 0 Å². The first kappa shape index (κ1) is 11.9. The second-order valence-corrected chi connectivity index (χ2v) is 4.82. The third kappa shape index (κ3) is 2.23. The van der Waals surface area contributed by atoms with Gasteiger partial charge < -0.3 is 5.73 Å². The first-order valence-corrected chi connectivity index (χ1v) is 6.40. The molecule has 3 rings (SSSR count). The molecule has 0 spiro atoms. The number of fused-ring (bicyclic) bond motifs is 1. The van der Waals surface area contributed by atoms with Crippen LogP contribution in [-0.4, -0.2) is 4.98 Å². The maximum atomic E-state index is 6.38. The molecule has 19 heavy (non-hydrogen) atoms. The van der Waals surface area contributed by atoms with Crippen LogP contribution in [0.5, 0.6) is 0 Å². The second-order valence-electron chi connectivity index (χ2n) is 4.82. The van der Waals surface area contributed by atoms with Gasteiger partial charge in [0.1, 0.15) is 0 Å². The highest BCUT2D eigenvalue weighted by atomic mass is 14.7. The SMILES string of the molecule is Cc1cnccc1C(N)c1ccc2ccccc2c1. The van der Waals surface area contributed by atoms with Crippen molar-refractivity contribution in [1.29, 1.82) is 0 Å².